The second kappa shape index (κ2) is 8.42. The van der Waals surface area contributed by atoms with E-state index in [9.17, 15) is 4.39 Å². The van der Waals surface area contributed by atoms with E-state index in [0.29, 0.717) is 6.04 Å². The van der Waals surface area contributed by atoms with Gasteiger partial charge in [-0.2, -0.15) is 0 Å². The van der Waals surface area contributed by atoms with E-state index in [-0.39, 0.29) is 5.82 Å². The minimum absolute atomic E-state index is 0.177. The van der Waals surface area contributed by atoms with Crippen molar-refractivity contribution in [2.24, 2.45) is 0 Å². The first-order chi connectivity index (χ1) is 13.3. The van der Waals surface area contributed by atoms with Gasteiger partial charge >= 0.3 is 0 Å². The van der Waals surface area contributed by atoms with Crippen molar-refractivity contribution in [2.75, 3.05) is 6.67 Å². The van der Waals surface area contributed by atoms with Crippen molar-refractivity contribution < 1.29 is 4.39 Å². The lowest BCUT2D eigenvalue weighted by atomic mass is 9.90. The summed E-state index contributed by atoms with van der Waals surface area (Å²) in [6, 6.07) is 20.1. The monoisotopic (exact) mass is 361 g/mol. The molecule has 0 spiro atoms. The molecule has 0 fully saturated rings. The molecule has 1 aromatic heterocycles. The zero-order chi connectivity index (χ0) is 18.5. The minimum atomic E-state index is -0.177. The van der Waals surface area contributed by atoms with Crippen LogP contribution in [0.25, 0.3) is 0 Å². The van der Waals surface area contributed by atoms with Crippen LogP contribution >= 0.6 is 0 Å². The van der Waals surface area contributed by atoms with Crippen molar-refractivity contribution in [3.63, 3.8) is 0 Å². The summed E-state index contributed by atoms with van der Waals surface area (Å²) < 4.78 is 13.2. The molecule has 0 saturated carbocycles. The first-order valence-electron chi connectivity index (χ1n) is 9.43. The number of hydrogen-bond donors (Lipinski definition) is 1. The fourth-order valence-electron chi connectivity index (χ4n) is 3.77. The molecule has 4 rings (SSSR count). The molecule has 1 aliphatic heterocycles. The SMILES string of the molecule is Fc1ccc(CC2Cc3ccccc3CN2CNCc2ccncc2)cc1. The third kappa shape index (κ3) is 4.59. The Morgan fingerprint density at radius 2 is 1.67 bits per heavy atom. The van der Waals surface area contributed by atoms with Gasteiger partial charge in [0.1, 0.15) is 5.82 Å². The number of halogens is 1. The van der Waals surface area contributed by atoms with Gasteiger partial charge in [-0.1, -0.05) is 36.4 Å². The Kier molecular flexibility index (Phi) is 5.56. The zero-order valence-electron chi connectivity index (χ0n) is 15.3. The Morgan fingerprint density at radius 3 is 2.44 bits per heavy atom. The van der Waals surface area contributed by atoms with Gasteiger partial charge in [0.15, 0.2) is 0 Å². The summed E-state index contributed by atoms with van der Waals surface area (Å²) >= 11 is 0. The third-order valence-corrected chi connectivity index (χ3v) is 5.24. The summed E-state index contributed by atoms with van der Waals surface area (Å²) in [5.41, 5.74) is 5.24. The lowest BCUT2D eigenvalue weighted by Crippen LogP contribution is -2.46. The van der Waals surface area contributed by atoms with Crippen LogP contribution < -0.4 is 5.32 Å². The molecule has 4 heteroatoms. The van der Waals surface area contributed by atoms with E-state index < -0.39 is 0 Å². The number of hydrogen-bond acceptors (Lipinski definition) is 3. The van der Waals surface area contributed by atoms with Gasteiger partial charge < -0.3 is 5.32 Å². The zero-order valence-corrected chi connectivity index (χ0v) is 15.3. The van der Waals surface area contributed by atoms with Gasteiger partial charge in [-0.25, -0.2) is 4.39 Å². The van der Waals surface area contributed by atoms with E-state index in [1.165, 1.54) is 22.3 Å². The molecule has 1 atom stereocenters. The quantitative estimate of drug-likeness (QED) is 0.721. The number of pyridine rings is 1. The fourth-order valence-corrected chi connectivity index (χ4v) is 3.77. The maximum absolute atomic E-state index is 13.2. The molecule has 3 nitrogen and oxygen atoms in total. The van der Waals surface area contributed by atoms with Crippen LogP contribution in [0.5, 0.6) is 0 Å². The first kappa shape index (κ1) is 17.8. The summed E-state index contributed by atoms with van der Waals surface area (Å²) in [6.45, 7) is 2.58. The van der Waals surface area contributed by atoms with Gasteiger partial charge in [-0.05, 0) is 59.4 Å². The van der Waals surface area contributed by atoms with E-state index in [4.69, 9.17) is 0 Å². The van der Waals surface area contributed by atoms with Crippen molar-refractivity contribution in [3.05, 3.63) is 101 Å². The van der Waals surface area contributed by atoms with Gasteiger partial charge in [0.05, 0.1) is 0 Å². The molecular weight excluding hydrogens is 337 g/mol. The lowest BCUT2D eigenvalue weighted by Gasteiger charge is -2.37. The Bertz CT molecular complexity index is 864. The number of fused-ring (bicyclic) bond motifs is 1. The molecule has 138 valence electrons. The number of nitrogens with one attached hydrogen (secondary N) is 1. The predicted octanol–water partition coefficient (Wildman–Crippen LogP) is 3.94. The number of aromatic nitrogens is 1. The molecule has 2 heterocycles. The van der Waals surface area contributed by atoms with E-state index in [2.05, 4.69) is 39.5 Å². The molecular formula is C23H24FN3. The summed E-state index contributed by atoms with van der Waals surface area (Å²) in [5.74, 6) is -0.177. The molecule has 1 unspecified atom stereocenters. The van der Waals surface area contributed by atoms with Crippen LogP contribution in [-0.4, -0.2) is 22.6 Å². The largest absolute Gasteiger partial charge is 0.300 e. The number of benzene rings is 2. The van der Waals surface area contributed by atoms with Crippen LogP contribution in [0.4, 0.5) is 4.39 Å². The molecule has 0 aliphatic carbocycles. The third-order valence-electron chi connectivity index (χ3n) is 5.24. The Morgan fingerprint density at radius 1 is 0.926 bits per heavy atom. The van der Waals surface area contributed by atoms with E-state index in [1.807, 2.05) is 36.7 Å². The highest BCUT2D eigenvalue weighted by Gasteiger charge is 2.25. The van der Waals surface area contributed by atoms with Crippen molar-refractivity contribution in [1.82, 2.24) is 15.2 Å². The van der Waals surface area contributed by atoms with Crippen molar-refractivity contribution in [2.45, 2.75) is 32.0 Å². The van der Waals surface area contributed by atoms with Crippen molar-refractivity contribution in [1.29, 1.82) is 0 Å². The summed E-state index contributed by atoms with van der Waals surface area (Å²) in [4.78, 5) is 6.56. The fraction of sp³-hybridized carbons (Fsp3) is 0.261. The van der Waals surface area contributed by atoms with Crippen LogP contribution in [0.2, 0.25) is 0 Å². The molecule has 27 heavy (non-hydrogen) atoms. The summed E-state index contributed by atoms with van der Waals surface area (Å²) in [5, 5.41) is 3.57. The molecule has 0 radical (unpaired) electrons. The van der Waals surface area contributed by atoms with Gasteiger partial charge in [0, 0.05) is 38.2 Å². The Balaban J connectivity index is 1.46. The van der Waals surface area contributed by atoms with Crippen LogP contribution in [-0.2, 0) is 25.9 Å². The molecule has 1 N–H and O–H groups in total. The average Bonchev–Trinajstić information content (AvgIpc) is 2.71. The molecule has 0 amide bonds. The highest BCUT2D eigenvalue weighted by atomic mass is 19.1. The van der Waals surface area contributed by atoms with Gasteiger partial charge in [0.25, 0.3) is 0 Å². The van der Waals surface area contributed by atoms with Gasteiger partial charge in [0.2, 0.25) is 0 Å². The van der Waals surface area contributed by atoms with Crippen molar-refractivity contribution >= 4 is 0 Å². The lowest BCUT2D eigenvalue weighted by molar-refractivity contribution is 0.155. The first-order valence-corrected chi connectivity index (χ1v) is 9.43. The maximum atomic E-state index is 13.2. The average molecular weight is 361 g/mol. The van der Waals surface area contributed by atoms with Crippen LogP contribution in [0.15, 0.2) is 73.1 Å². The molecule has 0 saturated heterocycles. The number of nitrogens with zero attached hydrogens (tertiary/aromatic N) is 2. The van der Waals surface area contributed by atoms with Gasteiger partial charge in [-0.3, -0.25) is 9.88 Å². The smallest absolute Gasteiger partial charge is 0.123 e. The van der Waals surface area contributed by atoms with E-state index in [0.717, 1.165) is 32.6 Å². The molecule has 2 aromatic carbocycles. The molecule has 0 bridgehead atoms. The number of rotatable bonds is 6. The van der Waals surface area contributed by atoms with E-state index in [1.54, 1.807) is 12.1 Å². The highest BCUT2D eigenvalue weighted by Crippen LogP contribution is 2.25. The predicted molar refractivity (Wildman–Crippen MR) is 106 cm³/mol. The Hall–Kier alpha value is -2.56. The van der Waals surface area contributed by atoms with Crippen molar-refractivity contribution in [3.8, 4) is 0 Å². The normalized spacial score (nSPS) is 16.9. The highest BCUT2D eigenvalue weighted by molar-refractivity contribution is 5.31. The second-order valence-electron chi connectivity index (χ2n) is 7.14. The molecule has 1 aliphatic rings. The summed E-state index contributed by atoms with van der Waals surface area (Å²) in [7, 11) is 0. The second-order valence-corrected chi connectivity index (χ2v) is 7.14. The van der Waals surface area contributed by atoms with E-state index >= 15 is 0 Å². The Labute approximate surface area is 159 Å². The minimum Gasteiger partial charge on any atom is -0.300 e. The molecule has 3 aromatic rings. The summed E-state index contributed by atoms with van der Waals surface area (Å²) in [6.07, 6.45) is 5.59. The standard InChI is InChI=1S/C23H24FN3/c24-22-7-5-18(6-8-22)13-23-14-20-3-1-2-4-21(20)16-27(23)17-26-15-19-9-11-25-12-10-19/h1-12,23,26H,13-17H2. The van der Waals surface area contributed by atoms with Crippen LogP contribution in [0, 0.1) is 5.82 Å². The maximum Gasteiger partial charge on any atom is 0.123 e. The van der Waals surface area contributed by atoms with Crippen LogP contribution in [0.3, 0.4) is 0 Å². The van der Waals surface area contributed by atoms with Gasteiger partial charge in [-0.15, -0.1) is 0 Å². The topological polar surface area (TPSA) is 28.2 Å². The van der Waals surface area contributed by atoms with Crippen LogP contribution in [0.1, 0.15) is 22.3 Å².